The molecule has 6 nitrogen and oxygen atoms in total. The topological polar surface area (TPSA) is 67.9 Å². The first-order valence-electron chi connectivity index (χ1n) is 8.77. The molecule has 0 aromatic rings. The predicted molar refractivity (Wildman–Crippen MR) is 93.5 cm³/mol. The van der Waals surface area contributed by atoms with Crippen molar-refractivity contribution in [3.05, 3.63) is 0 Å². The van der Waals surface area contributed by atoms with Gasteiger partial charge in [-0.15, -0.1) is 0 Å². The third-order valence-electron chi connectivity index (χ3n) is 4.32. The number of nitrogens with zero attached hydrogens (tertiary/aromatic N) is 1. The normalized spacial score (nSPS) is 24.9. The first-order valence-corrected chi connectivity index (χ1v) is 8.77. The Balaban J connectivity index is 3.03. The SMILES string of the molecule is CC1CCCCC1(C)N(NC(=O)OC(C)(C)C)C(=O)OC(C)(C)C. The zero-order valence-electron chi connectivity index (χ0n) is 16.5. The molecule has 1 fully saturated rings. The van der Waals surface area contributed by atoms with E-state index < -0.39 is 28.9 Å². The number of amides is 2. The van der Waals surface area contributed by atoms with Crippen LogP contribution in [0.3, 0.4) is 0 Å². The van der Waals surface area contributed by atoms with Crippen molar-refractivity contribution in [2.45, 2.75) is 97.8 Å². The number of hydrogen-bond acceptors (Lipinski definition) is 4. The van der Waals surface area contributed by atoms with Crippen molar-refractivity contribution in [3.63, 3.8) is 0 Å². The zero-order chi connectivity index (χ0) is 18.8. The Morgan fingerprint density at radius 2 is 1.58 bits per heavy atom. The number of carbonyl (C=O) groups is 2. The summed E-state index contributed by atoms with van der Waals surface area (Å²) in [6, 6.07) is 0. The highest BCUT2D eigenvalue weighted by atomic mass is 16.6. The Kier molecular flexibility index (Phi) is 6.17. The molecule has 0 heterocycles. The highest BCUT2D eigenvalue weighted by molar-refractivity contribution is 5.75. The van der Waals surface area contributed by atoms with E-state index in [4.69, 9.17) is 9.47 Å². The van der Waals surface area contributed by atoms with Crippen LogP contribution >= 0.6 is 0 Å². The van der Waals surface area contributed by atoms with E-state index in [1.165, 1.54) is 5.01 Å². The lowest BCUT2D eigenvalue weighted by Crippen LogP contribution is -2.63. The van der Waals surface area contributed by atoms with Crippen LogP contribution < -0.4 is 5.43 Å². The number of hydrazine groups is 1. The first-order chi connectivity index (χ1) is 10.7. The summed E-state index contributed by atoms with van der Waals surface area (Å²) in [5, 5.41) is 1.34. The molecule has 1 saturated carbocycles. The standard InChI is InChI=1S/C18H34N2O4/c1-13-11-9-10-12-18(13,8)20(15(22)24-17(5,6)7)19-14(21)23-16(2,3)4/h13H,9-12H2,1-8H3,(H,19,21). The molecule has 0 bridgehead atoms. The molecule has 0 radical (unpaired) electrons. The maximum atomic E-state index is 12.7. The molecule has 2 atom stereocenters. The van der Waals surface area contributed by atoms with Crippen LogP contribution in [-0.2, 0) is 9.47 Å². The van der Waals surface area contributed by atoms with Gasteiger partial charge in [-0.05, 0) is 67.2 Å². The molecular weight excluding hydrogens is 308 g/mol. The van der Waals surface area contributed by atoms with Crippen LogP contribution in [0.15, 0.2) is 0 Å². The number of hydrogen-bond donors (Lipinski definition) is 1. The van der Waals surface area contributed by atoms with Gasteiger partial charge in [0, 0.05) is 0 Å². The van der Waals surface area contributed by atoms with Gasteiger partial charge in [-0.3, -0.25) is 0 Å². The van der Waals surface area contributed by atoms with E-state index in [9.17, 15) is 9.59 Å². The summed E-state index contributed by atoms with van der Waals surface area (Å²) in [4.78, 5) is 25.0. The summed E-state index contributed by atoms with van der Waals surface area (Å²) in [6.45, 7) is 14.9. The molecule has 0 aliphatic heterocycles. The van der Waals surface area contributed by atoms with E-state index in [-0.39, 0.29) is 5.92 Å². The van der Waals surface area contributed by atoms with Gasteiger partial charge in [-0.1, -0.05) is 19.8 Å². The van der Waals surface area contributed by atoms with Crippen molar-refractivity contribution in [3.8, 4) is 0 Å². The van der Waals surface area contributed by atoms with Crippen LogP contribution in [0, 0.1) is 5.92 Å². The number of carbonyl (C=O) groups excluding carboxylic acids is 2. The average molecular weight is 342 g/mol. The maximum absolute atomic E-state index is 12.7. The Hall–Kier alpha value is -1.46. The van der Waals surface area contributed by atoms with Gasteiger partial charge in [-0.2, -0.15) is 0 Å². The van der Waals surface area contributed by atoms with Gasteiger partial charge in [-0.25, -0.2) is 20.0 Å². The minimum atomic E-state index is -0.646. The molecule has 1 rings (SSSR count). The smallest absolute Gasteiger partial charge is 0.429 e. The van der Waals surface area contributed by atoms with E-state index in [0.717, 1.165) is 25.7 Å². The summed E-state index contributed by atoms with van der Waals surface area (Å²) in [7, 11) is 0. The number of ether oxygens (including phenoxy) is 2. The summed E-state index contributed by atoms with van der Waals surface area (Å²) < 4.78 is 10.8. The van der Waals surface area contributed by atoms with Crippen LogP contribution in [0.5, 0.6) is 0 Å². The monoisotopic (exact) mass is 342 g/mol. The molecular formula is C18H34N2O4. The fraction of sp³-hybridized carbons (Fsp3) is 0.889. The van der Waals surface area contributed by atoms with Crippen molar-refractivity contribution >= 4 is 12.2 Å². The molecule has 0 aromatic heterocycles. The van der Waals surface area contributed by atoms with Gasteiger partial charge < -0.3 is 9.47 Å². The first kappa shape index (κ1) is 20.6. The molecule has 1 N–H and O–H groups in total. The second-order valence-corrected chi connectivity index (χ2v) is 8.93. The quantitative estimate of drug-likeness (QED) is 0.705. The molecule has 24 heavy (non-hydrogen) atoms. The third kappa shape index (κ3) is 5.87. The minimum absolute atomic E-state index is 0.244. The fourth-order valence-corrected chi connectivity index (χ4v) is 2.90. The highest BCUT2D eigenvalue weighted by Crippen LogP contribution is 2.38. The maximum Gasteiger partial charge on any atom is 0.429 e. The highest BCUT2D eigenvalue weighted by Gasteiger charge is 2.44. The molecule has 1 aliphatic rings. The van der Waals surface area contributed by atoms with Gasteiger partial charge in [0.05, 0.1) is 5.54 Å². The average Bonchev–Trinajstić information content (AvgIpc) is 2.35. The van der Waals surface area contributed by atoms with E-state index in [1.54, 1.807) is 20.8 Å². The fourth-order valence-electron chi connectivity index (χ4n) is 2.90. The van der Waals surface area contributed by atoms with Crippen LogP contribution in [0.2, 0.25) is 0 Å². The molecule has 6 heteroatoms. The van der Waals surface area contributed by atoms with E-state index >= 15 is 0 Å². The molecule has 2 unspecified atom stereocenters. The van der Waals surface area contributed by atoms with Crippen LogP contribution in [0.1, 0.15) is 81.1 Å². The lowest BCUT2D eigenvalue weighted by molar-refractivity contribution is -0.0511. The molecule has 2 amide bonds. The predicted octanol–water partition coefficient (Wildman–Crippen LogP) is 4.63. The number of rotatable bonds is 1. The Labute approximate surface area is 146 Å². The van der Waals surface area contributed by atoms with Crippen molar-refractivity contribution in [2.75, 3.05) is 0 Å². The van der Waals surface area contributed by atoms with Crippen molar-refractivity contribution in [1.29, 1.82) is 0 Å². The van der Waals surface area contributed by atoms with Gasteiger partial charge in [0.15, 0.2) is 0 Å². The molecule has 1 aliphatic carbocycles. The third-order valence-corrected chi connectivity index (χ3v) is 4.32. The second-order valence-electron chi connectivity index (χ2n) is 8.93. The van der Waals surface area contributed by atoms with E-state index in [2.05, 4.69) is 12.3 Å². The summed E-state index contributed by atoms with van der Waals surface area (Å²) in [5.74, 6) is 0.244. The molecule has 0 aromatic carbocycles. The van der Waals surface area contributed by atoms with Crippen molar-refractivity contribution in [1.82, 2.24) is 10.4 Å². The van der Waals surface area contributed by atoms with E-state index in [0.29, 0.717) is 0 Å². The van der Waals surface area contributed by atoms with Crippen molar-refractivity contribution in [2.24, 2.45) is 5.92 Å². The van der Waals surface area contributed by atoms with Gasteiger partial charge in [0.2, 0.25) is 0 Å². The van der Waals surface area contributed by atoms with Gasteiger partial charge in [0.25, 0.3) is 0 Å². The minimum Gasteiger partial charge on any atom is -0.443 e. The number of nitrogens with one attached hydrogen (secondary N) is 1. The van der Waals surface area contributed by atoms with Gasteiger partial charge >= 0.3 is 12.2 Å². The lowest BCUT2D eigenvalue weighted by Gasteiger charge is -2.47. The zero-order valence-corrected chi connectivity index (χ0v) is 16.5. The summed E-state index contributed by atoms with van der Waals surface area (Å²) >= 11 is 0. The van der Waals surface area contributed by atoms with E-state index in [1.807, 2.05) is 27.7 Å². The lowest BCUT2D eigenvalue weighted by atomic mass is 9.74. The molecule has 0 spiro atoms. The van der Waals surface area contributed by atoms with Crippen LogP contribution in [0.25, 0.3) is 0 Å². The van der Waals surface area contributed by atoms with Gasteiger partial charge in [0.1, 0.15) is 11.2 Å². The summed E-state index contributed by atoms with van der Waals surface area (Å²) in [6.07, 6.45) is 2.76. The van der Waals surface area contributed by atoms with Crippen LogP contribution in [-0.4, -0.2) is 33.9 Å². The Bertz CT molecular complexity index is 465. The molecule has 0 saturated heterocycles. The summed E-state index contributed by atoms with van der Waals surface area (Å²) in [5.41, 5.74) is 0.856. The molecule has 140 valence electrons. The Morgan fingerprint density at radius 3 is 2.04 bits per heavy atom. The van der Waals surface area contributed by atoms with Crippen molar-refractivity contribution < 1.29 is 19.1 Å². The Morgan fingerprint density at radius 1 is 1.04 bits per heavy atom. The van der Waals surface area contributed by atoms with Crippen LogP contribution in [0.4, 0.5) is 9.59 Å². The largest absolute Gasteiger partial charge is 0.443 e. The second kappa shape index (κ2) is 7.19.